The first-order valence-electron chi connectivity index (χ1n) is 7.20. The molecule has 116 valence electrons. The van der Waals surface area contributed by atoms with Gasteiger partial charge in [0.2, 0.25) is 5.91 Å². The van der Waals surface area contributed by atoms with E-state index in [1.165, 1.54) is 0 Å². The smallest absolute Gasteiger partial charge is 0.326 e. The van der Waals surface area contributed by atoms with E-state index in [2.05, 4.69) is 17.9 Å². The molecule has 21 heavy (non-hydrogen) atoms. The number of benzene rings is 1. The molecule has 0 spiro atoms. The average molecular weight is 309 g/mol. The van der Waals surface area contributed by atoms with Crippen LogP contribution in [0.5, 0.6) is 0 Å². The maximum absolute atomic E-state index is 12.4. The summed E-state index contributed by atoms with van der Waals surface area (Å²) in [6.07, 6.45) is 1.14. The highest BCUT2D eigenvalue weighted by atomic mass is 32.1. The van der Waals surface area contributed by atoms with E-state index in [1.54, 1.807) is 0 Å². The molecule has 2 N–H and O–H groups in total. The number of aliphatic carboxylic acids is 1. The first kappa shape index (κ1) is 17.6. The number of amides is 1. The number of carbonyl (C=O) groups is 2. The van der Waals surface area contributed by atoms with Crippen molar-refractivity contribution in [3.8, 4) is 0 Å². The van der Waals surface area contributed by atoms with Crippen molar-refractivity contribution in [1.82, 2.24) is 5.32 Å². The first-order valence-corrected chi connectivity index (χ1v) is 7.83. The van der Waals surface area contributed by atoms with Crippen molar-refractivity contribution in [3.63, 3.8) is 0 Å². The molecule has 0 radical (unpaired) electrons. The third-order valence-electron chi connectivity index (χ3n) is 3.65. The zero-order chi connectivity index (χ0) is 15.8. The number of hydrogen-bond donors (Lipinski definition) is 3. The molecule has 0 aliphatic heterocycles. The largest absolute Gasteiger partial charge is 0.480 e. The summed E-state index contributed by atoms with van der Waals surface area (Å²) in [4.78, 5) is 23.5. The highest BCUT2D eigenvalue weighted by molar-refractivity contribution is 7.80. The van der Waals surface area contributed by atoms with Crippen LogP contribution in [0.2, 0.25) is 0 Å². The molecule has 0 saturated carbocycles. The third-order valence-corrected chi connectivity index (χ3v) is 4.05. The quantitative estimate of drug-likeness (QED) is 0.647. The fourth-order valence-electron chi connectivity index (χ4n) is 2.28. The lowest BCUT2D eigenvalue weighted by Gasteiger charge is -2.24. The molecule has 5 heteroatoms. The van der Waals surface area contributed by atoms with Crippen LogP contribution in [-0.2, 0) is 9.59 Å². The van der Waals surface area contributed by atoms with Gasteiger partial charge < -0.3 is 10.4 Å². The van der Waals surface area contributed by atoms with E-state index in [1.807, 2.05) is 44.2 Å². The second-order valence-electron chi connectivity index (χ2n) is 5.18. The molecule has 0 aliphatic rings. The Bertz CT molecular complexity index is 464. The van der Waals surface area contributed by atoms with Gasteiger partial charge in [-0.15, -0.1) is 0 Å². The zero-order valence-electron chi connectivity index (χ0n) is 12.5. The van der Waals surface area contributed by atoms with Gasteiger partial charge >= 0.3 is 5.97 Å². The van der Waals surface area contributed by atoms with Gasteiger partial charge in [-0.3, -0.25) is 4.79 Å². The fourth-order valence-corrected chi connectivity index (χ4v) is 2.76. The van der Waals surface area contributed by atoms with Crippen molar-refractivity contribution < 1.29 is 14.7 Å². The number of rotatable bonds is 8. The van der Waals surface area contributed by atoms with Crippen LogP contribution in [0, 0.1) is 5.92 Å². The Balaban J connectivity index is 2.79. The van der Waals surface area contributed by atoms with Crippen molar-refractivity contribution in [2.45, 2.75) is 38.6 Å². The Morgan fingerprint density at radius 1 is 1.29 bits per heavy atom. The molecular formula is C16H23NO3S. The third kappa shape index (κ3) is 5.08. The number of carboxylic acid groups (broad SMARTS) is 1. The van der Waals surface area contributed by atoms with Gasteiger partial charge in [0.15, 0.2) is 0 Å². The Morgan fingerprint density at radius 3 is 2.38 bits per heavy atom. The van der Waals surface area contributed by atoms with E-state index >= 15 is 0 Å². The van der Waals surface area contributed by atoms with E-state index in [9.17, 15) is 9.59 Å². The lowest BCUT2D eigenvalue weighted by Crippen LogP contribution is -2.45. The van der Waals surface area contributed by atoms with Crippen LogP contribution in [0.3, 0.4) is 0 Å². The highest BCUT2D eigenvalue weighted by Crippen LogP contribution is 2.25. The van der Waals surface area contributed by atoms with Gasteiger partial charge in [0.05, 0.1) is 5.92 Å². The summed E-state index contributed by atoms with van der Waals surface area (Å²) in [7, 11) is 0. The fraction of sp³-hybridized carbons (Fsp3) is 0.500. The van der Waals surface area contributed by atoms with Crippen LogP contribution in [0.15, 0.2) is 30.3 Å². The Hall–Kier alpha value is -1.49. The minimum absolute atomic E-state index is 0.0141. The molecule has 0 heterocycles. The number of nitrogens with one attached hydrogen (secondary N) is 1. The molecule has 0 aromatic heterocycles. The summed E-state index contributed by atoms with van der Waals surface area (Å²) in [6.45, 7) is 3.86. The molecule has 0 fully saturated rings. The molecular weight excluding hydrogens is 286 g/mol. The molecule has 1 aromatic carbocycles. The summed E-state index contributed by atoms with van der Waals surface area (Å²) in [5, 5.41) is 11.8. The molecule has 4 nitrogen and oxygen atoms in total. The first-order chi connectivity index (χ1) is 10.0. The van der Waals surface area contributed by atoms with Crippen LogP contribution in [0.1, 0.15) is 38.2 Å². The Kier molecular flexibility index (Phi) is 7.29. The summed E-state index contributed by atoms with van der Waals surface area (Å²) < 4.78 is 0. The standard InChI is InChI=1S/C16H23NO3S/c1-3-7-14(16(19)20)17-15(18)13(10-21)11(2)12-8-5-4-6-9-12/h4-6,8-9,11,13-14,21H,3,7,10H2,1-2H3,(H,17,18)(H,19,20)/t11-,13+,14-/m0/s1. The molecule has 1 amide bonds. The molecule has 0 aliphatic carbocycles. The van der Waals surface area contributed by atoms with Crippen LogP contribution >= 0.6 is 12.6 Å². The van der Waals surface area contributed by atoms with Gasteiger partial charge in [0, 0.05) is 5.75 Å². The van der Waals surface area contributed by atoms with E-state index in [-0.39, 0.29) is 17.7 Å². The maximum Gasteiger partial charge on any atom is 0.326 e. The van der Waals surface area contributed by atoms with E-state index in [0.717, 1.165) is 5.56 Å². The molecule has 0 bridgehead atoms. The van der Waals surface area contributed by atoms with E-state index in [0.29, 0.717) is 18.6 Å². The number of thiol groups is 1. The average Bonchev–Trinajstić information content (AvgIpc) is 2.48. The SMILES string of the molecule is CCC[C@H](NC(=O)[C@H](CS)[C@@H](C)c1ccccc1)C(=O)O. The molecule has 0 unspecified atom stereocenters. The van der Waals surface area contributed by atoms with Crippen molar-refractivity contribution in [1.29, 1.82) is 0 Å². The highest BCUT2D eigenvalue weighted by Gasteiger charge is 2.28. The predicted molar refractivity (Wildman–Crippen MR) is 86.7 cm³/mol. The number of carbonyl (C=O) groups excluding carboxylic acids is 1. The van der Waals surface area contributed by atoms with E-state index < -0.39 is 12.0 Å². The number of carboxylic acids is 1. The lowest BCUT2D eigenvalue weighted by molar-refractivity contribution is -0.142. The zero-order valence-corrected chi connectivity index (χ0v) is 13.3. The van der Waals surface area contributed by atoms with Gasteiger partial charge in [0.25, 0.3) is 0 Å². The Labute approximate surface area is 131 Å². The minimum Gasteiger partial charge on any atom is -0.480 e. The van der Waals surface area contributed by atoms with E-state index in [4.69, 9.17) is 5.11 Å². The molecule has 1 aromatic rings. The van der Waals surface area contributed by atoms with Gasteiger partial charge in [0.1, 0.15) is 6.04 Å². The maximum atomic E-state index is 12.4. The van der Waals surface area contributed by atoms with Gasteiger partial charge in [-0.2, -0.15) is 12.6 Å². The van der Waals surface area contributed by atoms with Crippen molar-refractivity contribution in [2.24, 2.45) is 5.92 Å². The van der Waals surface area contributed by atoms with Crippen LogP contribution in [0.25, 0.3) is 0 Å². The summed E-state index contributed by atoms with van der Waals surface area (Å²) in [6, 6.07) is 8.89. The predicted octanol–water partition coefficient (Wildman–Crippen LogP) is 2.71. The second-order valence-corrected chi connectivity index (χ2v) is 5.54. The minimum atomic E-state index is -0.990. The normalized spacial score (nSPS) is 15.0. The Morgan fingerprint density at radius 2 is 1.90 bits per heavy atom. The van der Waals surface area contributed by atoms with Crippen molar-refractivity contribution >= 4 is 24.5 Å². The van der Waals surface area contributed by atoms with Gasteiger partial charge in [-0.05, 0) is 17.9 Å². The van der Waals surface area contributed by atoms with Crippen LogP contribution in [0.4, 0.5) is 0 Å². The number of hydrogen-bond acceptors (Lipinski definition) is 3. The molecule has 1 rings (SSSR count). The topological polar surface area (TPSA) is 66.4 Å². The summed E-state index contributed by atoms with van der Waals surface area (Å²) in [5.74, 6) is -1.23. The summed E-state index contributed by atoms with van der Waals surface area (Å²) in [5.41, 5.74) is 1.05. The van der Waals surface area contributed by atoms with Crippen molar-refractivity contribution in [2.75, 3.05) is 5.75 Å². The lowest BCUT2D eigenvalue weighted by atomic mass is 9.88. The molecule has 3 atom stereocenters. The van der Waals surface area contributed by atoms with Crippen LogP contribution < -0.4 is 5.32 Å². The second kappa shape index (κ2) is 8.72. The van der Waals surface area contributed by atoms with Crippen molar-refractivity contribution in [3.05, 3.63) is 35.9 Å². The summed E-state index contributed by atoms with van der Waals surface area (Å²) >= 11 is 4.26. The van der Waals surface area contributed by atoms with Crippen LogP contribution in [-0.4, -0.2) is 28.8 Å². The van der Waals surface area contributed by atoms with Gasteiger partial charge in [-0.1, -0.05) is 50.6 Å². The van der Waals surface area contributed by atoms with Gasteiger partial charge in [-0.25, -0.2) is 4.79 Å². The monoisotopic (exact) mass is 309 g/mol. The molecule has 0 saturated heterocycles.